The molecular weight excluding hydrogens is 376 g/mol. The molecule has 154 valence electrons. The molecular formula is C24H26N4O2. The van der Waals surface area contributed by atoms with Gasteiger partial charge in [0.2, 0.25) is 5.91 Å². The van der Waals surface area contributed by atoms with E-state index in [1.165, 1.54) is 0 Å². The Balaban J connectivity index is 1.73. The highest BCUT2D eigenvalue weighted by molar-refractivity contribution is 5.92. The second-order valence-electron chi connectivity index (χ2n) is 7.31. The first-order valence-electron chi connectivity index (χ1n) is 10.5. The number of benzene rings is 2. The number of aryl methyl sites for hydroxylation is 1. The van der Waals surface area contributed by atoms with Crippen LogP contribution in [0.4, 0.5) is 0 Å². The van der Waals surface area contributed by atoms with Crippen molar-refractivity contribution in [1.82, 2.24) is 18.9 Å². The van der Waals surface area contributed by atoms with Crippen LogP contribution in [0.5, 0.6) is 0 Å². The van der Waals surface area contributed by atoms with Crippen LogP contribution in [-0.2, 0) is 11.3 Å². The van der Waals surface area contributed by atoms with Gasteiger partial charge in [-0.3, -0.25) is 13.8 Å². The Bertz CT molecular complexity index is 1240. The molecule has 4 aromatic rings. The molecule has 0 saturated carbocycles. The quantitative estimate of drug-likeness (QED) is 0.470. The first-order chi connectivity index (χ1) is 14.6. The predicted molar refractivity (Wildman–Crippen MR) is 120 cm³/mol. The zero-order valence-corrected chi connectivity index (χ0v) is 17.4. The lowest BCUT2D eigenvalue weighted by Gasteiger charge is -2.18. The minimum absolute atomic E-state index is 0.131. The summed E-state index contributed by atoms with van der Waals surface area (Å²) in [7, 11) is 0. The summed E-state index contributed by atoms with van der Waals surface area (Å²) in [6, 6.07) is 17.7. The van der Waals surface area contributed by atoms with Crippen molar-refractivity contribution in [2.24, 2.45) is 0 Å². The Hall–Kier alpha value is -3.41. The van der Waals surface area contributed by atoms with E-state index >= 15 is 0 Å². The van der Waals surface area contributed by atoms with Crippen molar-refractivity contribution in [1.29, 1.82) is 0 Å². The molecule has 0 bridgehead atoms. The van der Waals surface area contributed by atoms with Crippen LogP contribution in [0.1, 0.15) is 26.7 Å². The lowest BCUT2D eigenvalue weighted by molar-refractivity contribution is -0.130. The van der Waals surface area contributed by atoms with Crippen LogP contribution in [0.15, 0.2) is 65.6 Å². The van der Waals surface area contributed by atoms with Crippen molar-refractivity contribution >= 4 is 22.5 Å². The maximum atomic E-state index is 13.3. The average Bonchev–Trinajstić information content (AvgIpc) is 3.23. The van der Waals surface area contributed by atoms with Crippen LogP contribution in [0, 0.1) is 0 Å². The summed E-state index contributed by atoms with van der Waals surface area (Å²) in [5.41, 5.74) is 3.11. The van der Waals surface area contributed by atoms with Gasteiger partial charge < -0.3 is 4.90 Å². The van der Waals surface area contributed by atoms with Crippen LogP contribution < -0.4 is 5.69 Å². The average molecular weight is 402 g/mol. The first-order valence-corrected chi connectivity index (χ1v) is 10.5. The van der Waals surface area contributed by atoms with Crippen molar-refractivity contribution in [3.63, 3.8) is 0 Å². The molecule has 30 heavy (non-hydrogen) atoms. The maximum Gasteiger partial charge on any atom is 0.334 e. The highest BCUT2D eigenvalue weighted by atomic mass is 16.2. The summed E-state index contributed by atoms with van der Waals surface area (Å²) >= 11 is 0. The van der Waals surface area contributed by atoms with Gasteiger partial charge in [0.25, 0.3) is 0 Å². The smallest absolute Gasteiger partial charge is 0.334 e. The van der Waals surface area contributed by atoms with Crippen LogP contribution in [0.25, 0.3) is 27.8 Å². The molecule has 4 rings (SSSR count). The summed E-state index contributed by atoms with van der Waals surface area (Å²) in [5, 5.41) is 0.925. The third-order valence-corrected chi connectivity index (χ3v) is 5.54. The SMILES string of the molecule is CCN(CC)C(=O)CCCn1c(=O)n2cc(-c3ccccc3)nc2c2ccccc21. The number of fused-ring (bicyclic) bond motifs is 3. The van der Waals surface area contributed by atoms with E-state index in [0.717, 1.165) is 22.2 Å². The van der Waals surface area contributed by atoms with Gasteiger partial charge in [0.15, 0.2) is 5.65 Å². The van der Waals surface area contributed by atoms with Crippen molar-refractivity contribution < 1.29 is 4.79 Å². The van der Waals surface area contributed by atoms with Gasteiger partial charge in [0.1, 0.15) is 0 Å². The highest BCUT2D eigenvalue weighted by Gasteiger charge is 2.15. The molecule has 6 nitrogen and oxygen atoms in total. The Morgan fingerprint density at radius 1 is 1.00 bits per heavy atom. The van der Waals surface area contributed by atoms with Gasteiger partial charge in [-0.05, 0) is 32.4 Å². The van der Waals surface area contributed by atoms with E-state index in [2.05, 4.69) is 0 Å². The summed E-state index contributed by atoms with van der Waals surface area (Å²) < 4.78 is 3.38. The van der Waals surface area contributed by atoms with Gasteiger partial charge in [0.05, 0.1) is 11.2 Å². The molecule has 0 aliphatic heterocycles. The standard InChI is InChI=1S/C24H26N4O2/c1-3-26(4-2)22(29)15-10-16-27-21-14-9-8-13-19(21)23-25-20(17-28(23)24(27)30)18-11-6-5-7-12-18/h5-9,11-14,17H,3-4,10,15-16H2,1-2H3. The lowest BCUT2D eigenvalue weighted by atomic mass is 10.2. The molecule has 0 aliphatic carbocycles. The number of carbonyl (C=O) groups is 1. The zero-order valence-electron chi connectivity index (χ0n) is 17.4. The monoisotopic (exact) mass is 402 g/mol. The number of hydrogen-bond acceptors (Lipinski definition) is 3. The Morgan fingerprint density at radius 2 is 1.70 bits per heavy atom. The van der Waals surface area contributed by atoms with Crippen LogP contribution in [-0.4, -0.2) is 37.8 Å². The van der Waals surface area contributed by atoms with Gasteiger partial charge >= 0.3 is 5.69 Å². The van der Waals surface area contributed by atoms with Crippen LogP contribution in [0.3, 0.4) is 0 Å². The number of hydrogen-bond donors (Lipinski definition) is 0. The number of rotatable bonds is 7. The molecule has 2 heterocycles. The fourth-order valence-electron chi connectivity index (χ4n) is 3.93. The number of nitrogens with zero attached hydrogens (tertiary/aromatic N) is 4. The molecule has 0 radical (unpaired) electrons. The van der Waals surface area contributed by atoms with Crippen molar-refractivity contribution in [2.75, 3.05) is 13.1 Å². The van der Waals surface area contributed by atoms with E-state index < -0.39 is 0 Å². The second kappa shape index (κ2) is 8.53. The third kappa shape index (κ3) is 3.61. The Kier molecular flexibility index (Phi) is 5.65. The number of carbonyl (C=O) groups excluding carboxylic acids is 1. The molecule has 0 unspecified atom stereocenters. The van der Waals surface area contributed by atoms with E-state index in [9.17, 15) is 9.59 Å². The summed E-state index contributed by atoms with van der Waals surface area (Å²) in [6.45, 7) is 5.87. The summed E-state index contributed by atoms with van der Waals surface area (Å²) in [6.07, 6.45) is 2.85. The summed E-state index contributed by atoms with van der Waals surface area (Å²) in [4.78, 5) is 32.2. The lowest BCUT2D eigenvalue weighted by Crippen LogP contribution is -2.31. The van der Waals surface area contributed by atoms with Gasteiger partial charge in [0, 0.05) is 43.2 Å². The molecule has 0 fully saturated rings. The highest BCUT2D eigenvalue weighted by Crippen LogP contribution is 2.23. The van der Waals surface area contributed by atoms with Gasteiger partial charge in [-0.2, -0.15) is 0 Å². The van der Waals surface area contributed by atoms with E-state index in [1.54, 1.807) is 15.2 Å². The topological polar surface area (TPSA) is 59.6 Å². The largest absolute Gasteiger partial charge is 0.343 e. The normalized spacial score (nSPS) is 11.3. The van der Waals surface area contributed by atoms with Gasteiger partial charge in [-0.1, -0.05) is 42.5 Å². The number of amides is 1. The molecule has 0 N–H and O–H groups in total. The van der Waals surface area contributed by atoms with Crippen LogP contribution in [0.2, 0.25) is 0 Å². The maximum absolute atomic E-state index is 13.3. The zero-order chi connectivity index (χ0) is 21.1. The number of para-hydroxylation sites is 1. The fraction of sp³-hybridized carbons (Fsp3) is 0.292. The first kappa shape index (κ1) is 19.9. The molecule has 0 spiro atoms. The van der Waals surface area contributed by atoms with E-state index in [-0.39, 0.29) is 11.6 Å². The molecule has 0 atom stereocenters. The summed E-state index contributed by atoms with van der Waals surface area (Å²) in [5.74, 6) is 0.132. The van der Waals surface area contributed by atoms with Gasteiger partial charge in [-0.25, -0.2) is 9.78 Å². The molecule has 2 aromatic heterocycles. The van der Waals surface area contributed by atoms with Crippen LogP contribution >= 0.6 is 0 Å². The molecule has 6 heteroatoms. The number of imidazole rings is 1. The van der Waals surface area contributed by atoms with E-state index in [0.29, 0.717) is 38.1 Å². The van der Waals surface area contributed by atoms with Crippen molar-refractivity contribution in [2.45, 2.75) is 33.2 Å². The van der Waals surface area contributed by atoms with Gasteiger partial charge in [-0.15, -0.1) is 0 Å². The van der Waals surface area contributed by atoms with Crippen molar-refractivity contribution in [3.05, 3.63) is 71.3 Å². The predicted octanol–water partition coefficient (Wildman–Crippen LogP) is 3.96. The Morgan fingerprint density at radius 3 is 2.43 bits per heavy atom. The van der Waals surface area contributed by atoms with E-state index in [4.69, 9.17) is 4.98 Å². The minimum Gasteiger partial charge on any atom is -0.343 e. The molecule has 1 amide bonds. The van der Waals surface area contributed by atoms with E-state index in [1.807, 2.05) is 73.3 Å². The number of aromatic nitrogens is 3. The van der Waals surface area contributed by atoms with Crippen molar-refractivity contribution in [3.8, 4) is 11.3 Å². The third-order valence-electron chi connectivity index (χ3n) is 5.54. The second-order valence-corrected chi connectivity index (χ2v) is 7.31. The Labute approximate surface area is 175 Å². The minimum atomic E-state index is -0.131. The fourth-order valence-corrected chi connectivity index (χ4v) is 3.93. The molecule has 2 aromatic carbocycles. The molecule has 0 aliphatic rings. The molecule has 0 saturated heterocycles.